The van der Waals surface area contributed by atoms with Crippen molar-refractivity contribution in [3.63, 3.8) is 0 Å². The lowest BCUT2D eigenvalue weighted by Gasteiger charge is -2.01. The van der Waals surface area contributed by atoms with E-state index in [0.29, 0.717) is 16.4 Å². The molecule has 0 aliphatic rings. The zero-order valence-electron chi connectivity index (χ0n) is 10.5. The first kappa shape index (κ1) is 13.5. The summed E-state index contributed by atoms with van der Waals surface area (Å²) in [6.07, 6.45) is 1.37. The standard InChI is InChI=1S/C12H9ClN6OS/c13-8-3-1-2-7(4-8)9-5-10(16-15-9)11(20)18-19-6-14-17-12(19)21/h1-6H,(H,15,16)(H,17,21)(H,18,20). The van der Waals surface area contributed by atoms with E-state index in [0.717, 1.165) is 5.56 Å². The molecule has 0 aliphatic heterocycles. The van der Waals surface area contributed by atoms with Crippen LogP contribution in [-0.2, 0) is 0 Å². The van der Waals surface area contributed by atoms with Crippen molar-refractivity contribution in [1.29, 1.82) is 0 Å². The van der Waals surface area contributed by atoms with Crippen molar-refractivity contribution in [3.8, 4) is 11.3 Å². The summed E-state index contributed by atoms with van der Waals surface area (Å²) in [6.45, 7) is 0. The molecule has 9 heteroatoms. The lowest BCUT2D eigenvalue weighted by atomic mass is 10.1. The number of hydrogen-bond acceptors (Lipinski definition) is 4. The van der Waals surface area contributed by atoms with Crippen LogP contribution in [0.3, 0.4) is 0 Å². The number of benzene rings is 1. The van der Waals surface area contributed by atoms with Crippen LogP contribution in [0.1, 0.15) is 10.5 Å². The first-order valence-corrected chi connectivity index (χ1v) is 6.67. The molecule has 0 radical (unpaired) electrons. The molecule has 3 N–H and O–H groups in total. The second-order valence-electron chi connectivity index (χ2n) is 4.15. The molecule has 2 aromatic heterocycles. The van der Waals surface area contributed by atoms with E-state index in [1.165, 1.54) is 11.0 Å². The van der Waals surface area contributed by atoms with E-state index in [1.807, 2.05) is 12.1 Å². The van der Waals surface area contributed by atoms with E-state index in [1.54, 1.807) is 18.2 Å². The van der Waals surface area contributed by atoms with Gasteiger partial charge in [-0.2, -0.15) is 10.2 Å². The summed E-state index contributed by atoms with van der Waals surface area (Å²) >= 11 is 10.9. The van der Waals surface area contributed by atoms with Gasteiger partial charge >= 0.3 is 0 Å². The van der Waals surface area contributed by atoms with Gasteiger partial charge in [-0.1, -0.05) is 23.7 Å². The van der Waals surface area contributed by atoms with Gasteiger partial charge in [-0.05, 0) is 30.4 Å². The van der Waals surface area contributed by atoms with Crippen LogP contribution in [0.5, 0.6) is 0 Å². The van der Waals surface area contributed by atoms with Crippen molar-refractivity contribution in [3.05, 3.63) is 52.1 Å². The third-order valence-corrected chi connectivity index (χ3v) is 3.24. The molecule has 0 fully saturated rings. The minimum atomic E-state index is -0.381. The van der Waals surface area contributed by atoms with Crippen LogP contribution < -0.4 is 5.43 Å². The Morgan fingerprint density at radius 1 is 1.33 bits per heavy atom. The highest BCUT2D eigenvalue weighted by Gasteiger charge is 2.12. The second kappa shape index (κ2) is 5.51. The van der Waals surface area contributed by atoms with Gasteiger partial charge in [0.2, 0.25) is 4.77 Å². The highest BCUT2D eigenvalue weighted by Crippen LogP contribution is 2.21. The number of H-pyrrole nitrogens is 2. The van der Waals surface area contributed by atoms with Crippen molar-refractivity contribution in [2.45, 2.75) is 0 Å². The lowest BCUT2D eigenvalue weighted by molar-refractivity contribution is 0.100. The van der Waals surface area contributed by atoms with Gasteiger partial charge in [-0.15, -0.1) is 0 Å². The largest absolute Gasteiger partial charge is 0.288 e. The van der Waals surface area contributed by atoms with Crippen molar-refractivity contribution >= 4 is 29.7 Å². The van der Waals surface area contributed by atoms with Gasteiger partial charge in [-0.3, -0.25) is 20.4 Å². The maximum Gasteiger partial charge on any atom is 0.288 e. The minimum absolute atomic E-state index is 0.290. The maximum atomic E-state index is 12.1. The van der Waals surface area contributed by atoms with Crippen molar-refractivity contribution in [1.82, 2.24) is 25.1 Å². The Bertz CT molecular complexity index is 851. The number of aromatic amines is 2. The average molecular weight is 321 g/mol. The van der Waals surface area contributed by atoms with Gasteiger partial charge in [0.05, 0.1) is 5.69 Å². The summed E-state index contributed by atoms with van der Waals surface area (Å²) in [6, 6.07) is 8.84. The Morgan fingerprint density at radius 3 is 2.90 bits per heavy atom. The van der Waals surface area contributed by atoms with E-state index in [9.17, 15) is 4.79 Å². The average Bonchev–Trinajstić information content (AvgIpc) is 3.09. The molecule has 2 heterocycles. The van der Waals surface area contributed by atoms with Crippen molar-refractivity contribution < 1.29 is 4.79 Å². The maximum absolute atomic E-state index is 12.1. The van der Waals surface area contributed by atoms with Crippen LogP contribution in [0.25, 0.3) is 11.3 Å². The number of halogens is 1. The molecule has 106 valence electrons. The number of carbonyl (C=O) groups excluding carboxylic acids is 1. The van der Waals surface area contributed by atoms with E-state index < -0.39 is 0 Å². The summed E-state index contributed by atoms with van der Waals surface area (Å²) in [5, 5.41) is 13.6. The predicted octanol–water partition coefficient (Wildman–Crippen LogP) is 2.37. The SMILES string of the molecule is O=C(Nn1cn[nH]c1=S)c1cc(-c2cccc(Cl)c2)n[nH]1. The molecular formula is C12H9ClN6OS. The van der Waals surface area contributed by atoms with Crippen LogP contribution in [0.15, 0.2) is 36.7 Å². The monoisotopic (exact) mass is 320 g/mol. The van der Waals surface area contributed by atoms with Crippen LogP contribution >= 0.6 is 23.8 Å². The molecule has 0 unspecified atom stereocenters. The fraction of sp³-hybridized carbons (Fsp3) is 0. The molecule has 7 nitrogen and oxygen atoms in total. The van der Waals surface area contributed by atoms with Gasteiger partial charge in [0.1, 0.15) is 12.0 Å². The second-order valence-corrected chi connectivity index (χ2v) is 4.97. The molecule has 1 amide bonds. The summed E-state index contributed by atoms with van der Waals surface area (Å²) in [5.74, 6) is -0.381. The molecule has 0 bridgehead atoms. The number of amides is 1. The molecule has 0 atom stereocenters. The molecule has 0 spiro atoms. The zero-order valence-corrected chi connectivity index (χ0v) is 12.1. The molecule has 1 aromatic carbocycles. The summed E-state index contributed by atoms with van der Waals surface area (Å²) < 4.78 is 1.59. The van der Waals surface area contributed by atoms with Crippen LogP contribution in [0, 0.1) is 4.77 Å². The van der Waals surface area contributed by atoms with E-state index >= 15 is 0 Å². The molecule has 3 rings (SSSR count). The molecule has 0 aliphatic carbocycles. The number of hydrogen-bond donors (Lipinski definition) is 3. The lowest BCUT2D eigenvalue weighted by Crippen LogP contribution is -2.22. The number of aromatic nitrogens is 5. The highest BCUT2D eigenvalue weighted by atomic mass is 35.5. The quantitative estimate of drug-likeness (QED) is 0.646. The minimum Gasteiger partial charge on any atom is -0.272 e. The molecule has 3 aromatic rings. The molecular weight excluding hydrogens is 312 g/mol. The number of nitrogens with one attached hydrogen (secondary N) is 3. The van der Waals surface area contributed by atoms with E-state index in [-0.39, 0.29) is 10.7 Å². The molecule has 0 saturated heterocycles. The topological polar surface area (TPSA) is 91.4 Å². The van der Waals surface area contributed by atoms with Crippen molar-refractivity contribution in [2.24, 2.45) is 0 Å². The fourth-order valence-electron chi connectivity index (χ4n) is 1.73. The van der Waals surface area contributed by atoms with E-state index in [4.69, 9.17) is 23.8 Å². The third kappa shape index (κ3) is 2.86. The smallest absolute Gasteiger partial charge is 0.272 e. The first-order chi connectivity index (χ1) is 10.1. The van der Waals surface area contributed by atoms with Gasteiger partial charge in [0.25, 0.3) is 5.91 Å². The summed E-state index contributed by atoms with van der Waals surface area (Å²) in [7, 11) is 0. The summed E-state index contributed by atoms with van der Waals surface area (Å²) in [5.41, 5.74) is 4.31. The Kier molecular flexibility index (Phi) is 3.55. The van der Waals surface area contributed by atoms with Gasteiger partial charge in [0, 0.05) is 10.6 Å². The van der Waals surface area contributed by atoms with Crippen LogP contribution in [0.2, 0.25) is 5.02 Å². The highest BCUT2D eigenvalue weighted by molar-refractivity contribution is 7.71. The Hall–Kier alpha value is -2.45. The molecule has 21 heavy (non-hydrogen) atoms. The number of carbonyl (C=O) groups is 1. The predicted molar refractivity (Wildman–Crippen MR) is 80.1 cm³/mol. The van der Waals surface area contributed by atoms with E-state index in [2.05, 4.69) is 25.8 Å². The first-order valence-electron chi connectivity index (χ1n) is 5.88. The normalized spacial score (nSPS) is 10.5. The van der Waals surface area contributed by atoms with Gasteiger partial charge in [-0.25, -0.2) is 4.68 Å². The Balaban J connectivity index is 1.83. The zero-order chi connectivity index (χ0) is 14.8. The van der Waals surface area contributed by atoms with Gasteiger partial charge in [0.15, 0.2) is 0 Å². The third-order valence-electron chi connectivity index (χ3n) is 2.72. The Labute approximate surface area is 128 Å². The van der Waals surface area contributed by atoms with Crippen LogP contribution in [0.4, 0.5) is 0 Å². The fourth-order valence-corrected chi connectivity index (χ4v) is 2.07. The summed E-state index contributed by atoms with van der Waals surface area (Å²) in [4.78, 5) is 12.1. The van der Waals surface area contributed by atoms with Gasteiger partial charge < -0.3 is 0 Å². The number of nitrogens with zero attached hydrogens (tertiary/aromatic N) is 3. The van der Waals surface area contributed by atoms with Crippen LogP contribution in [-0.4, -0.2) is 31.0 Å². The Morgan fingerprint density at radius 2 is 2.19 bits per heavy atom. The van der Waals surface area contributed by atoms with Crippen molar-refractivity contribution in [2.75, 3.05) is 5.43 Å². The molecule has 0 saturated carbocycles. The number of rotatable bonds is 3.